The number of hydrogen-bond donors (Lipinski definition) is 2. The van der Waals surface area contributed by atoms with Crippen molar-refractivity contribution in [1.82, 2.24) is 4.98 Å². The number of hydrogen-bond acceptors (Lipinski definition) is 4. The van der Waals surface area contributed by atoms with Crippen LogP contribution in [-0.2, 0) is 16.6 Å². The normalized spacial score (nSPS) is 11.2. The molecule has 0 aliphatic carbocycles. The van der Waals surface area contributed by atoms with Crippen molar-refractivity contribution in [2.45, 2.75) is 13.5 Å². The summed E-state index contributed by atoms with van der Waals surface area (Å²) in [4.78, 5) is 4.29. The summed E-state index contributed by atoms with van der Waals surface area (Å²) in [6.07, 6.45) is 2.89. The van der Waals surface area contributed by atoms with Gasteiger partial charge in [0.25, 0.3) is 0 Å². The van der Waals surface area contributed by atoms with Crippen LogP contribution in [-0.4, -0.2) is 19.7 Å². The van der Waals surface area contributed by atoms with Gasteiger partial charge in [0.05, 0.1) is 29.2 Å². The van der Waals surface area contributed by atoms with Crippen LogP contribution in [0.5, 0.6) is 0 Å². The molecule has 0 aliphatic heterocycles. The Kier molecular flexibility index (Phi) is 4.69. The third-order valence-corrected chi connectivity index (χ3v) is 3.61. The van der Waals surface area contributed by atoms with E-state index in [9.17, 15) is 8.42 Å². The number of aromatic nitrogens is 1. The van der Waals surface area contributed by atoms with E-state index in [0.717, 1.165) is 23.2 Å². The minimum absolute atomic E-state index is 0.335. The van der Waals surface area contributed by atoms with Gasteiger partial charge in [-0.25, -0.2) is 8.42 Å². The number of nitrogens with one attached hydrogen (secondary N) is 2. The van der Waals surface area contributed by atoms with Gasteiger partial charge in [0, 0.05) is 11.9 Å². The molecule has 112 valence electrons. The molecule has 0 radical (unpaired) electrons. The molecule has 2 aromatic rings. The van der Waals surface area contributed by atoms with Crippen LogP contribution in [0.1, 0.15) is 11.3 Å². The fourth-order valence-corrected chi connectivity index (χ4v) is 2.56. The zero-order chi connectivity index (χ0) is 15.5. The van der Waals surface area contributed by atoms with Crippen molar-refractivity contribution in [3.8, 4) is 0 Å². The van der Waals surface area contributed by atoms with Crippen molar-refractivity contribution < 1.29 is 8.42 Å². The van der Waals surface area contributed by atoms with Gasteiger partial charge < -0.3 is 5.32 Å². The monoisotopic (exact) mass is 325 g/mol. The highest BCUT2D eigenvalue weighted by molar-refractivity contribution is 7.92. The van der Waals surface area contributed by atoms with Crippen LogP contribution in [0.25, 0.3) is 0 Å². The number of rotatable bonds is 5. The van der Waals surface area contributed by atoms with E-state index in [1.54, 1.807) is 18.2 Å². The van der Waals surface area contributed by atoms with E-state index in [1.807, 2.05) is 25.3 Å². The molecule has 0 unspecified atom stereocenters. The Morgan fingerprint density at radius 1 is 1.24 bits per heavy atom. The maximum absolute atomic E-state index is 11.2. The molecule has 21 heavy (non-hydrogen) atoms. The molecule has 0 spiro atoms. The fraction of sp³-hybridized carbons (Fsp3) is 0.214. The van der Waals surface area contributed by atoms with Gasteiger partial charge in [0.2, 0.25) is 10.0 Å². The van der Waals surface area contributed by atoms with Crippen molar-refractivity contribution in [3.63, 3.8) is 0 Å². The second kappa shape index (κ2) is 6.32. The summed E-state index contributed by atoms with van der Waals surface area (Å²) in [7, 11) is -3.34. The number of anilines is 2. The molecule has 0 saturated carbocycles. The van der Waals surface area contributed by atoms with Gasteiger partial charge in [0.1, 0.15) is 0 Å². The number of pyridine rings is 1. The third-order valence-electron chi connectivity index (χ3n) is 2.71. The Morgan fingerprint density at radius 2 is 2.00 bits per heavy atom. The van der Waals surface area contributed by atoms with Crippen LogP contribution in [0.4, 0.5) is 11.4 Å². The third kappa shape index (κ3) is 4.91. The lowest BCUT2D eigenvalue weighted by atomic mass is 10.2. The summed E-state index contributed by atoms with van der Waals surface area (Å²) in [5.41, 5.74) is 3.17. The first-order valence-electron chi connectivity index (χ1n) is 6.26. The second-order valence-corrected chi connectivity index (χ2v) is 6.90. The highest BCUT2D eigenvalue weighted by Gasteiger charge is 2.07. The van der Waals surface area contributed by atoms with E-state index >= 15 is 0 Å². The Balaban J connectivity index is 2.05. The van der Waals surface area contributed by atoms with Crippen molar-refractivity contribution in [2.75, 3.05) is 16.3 Å². The Hall–Kier alpha value is -1.79. The summed E-state index contributed by atoms with van der Waals surface area (Å²) in [6.45, 7) is 2.55. The van der Waals surface area contributed by atoms with Crippen molar-refractivity contribution in [2.24, 2.45) is 0 Å². The average molecular weight is 326 g/mol. The van der Waals surface area contributed by atoms with Gasteiger partial charge in [-0.05, 0) is 36.8 Å². The van der Waals surface area contributed by atoms with Crippen LogP contribution in [0, 0.1) is 6.92 Å². The Morgan fingerprint density at radius 3 is 2.57 bits per heavy atom. The fourth-order valence-electron chi connectivity index (χ4n) is 1.70. The quantitative estimate of drug-likeness (QED) is 0.886. The van der Waals surface area contributed by atoms with E-state index in [0.29, 0.717) is 17.3 Å². The van der Waals surface area contributed by atoms with Gasteiger partial charge in [-0.1, -0.05) is 17.7 Å². The predicted octanol–water partition coefficient (Wildman–Crippen LogP) is 3.03. The van der Waals surface area contributed by atoms with E-state index < -0.39 is 10.0 Å². The zero-order valence-corrected chi connectivity index (χ0v) is 13.3. The summed E-state index contributed by atoms with van der Waals surface area (Å²) in [6, 6.07) is 8.99. The first kappa shape index (κ1) is 15.6. The van der Waals surface area contributed by atoms with E-state index in [1.165, 1.54) is 0 Å². The molecule has 0 fully saturated rings. The van der Waals surface area contributed by atoms with Crippen LogP contribution < -0.4 is 10.0 Å². The van der Waals surface area contributed by atoms with E-state index in [2.05, 4.69) is 15.0 Å². The molecule has 2 rings (SSSR count). The lowest BCUT2D eigenvalue weighted by Crippen LogP contribution is -2.10. The molecular weight excluding hydrogens is 310 g/mol. The van der Waals surface area contributed by atoms with Crippen molar-refractivity contribution >= 4 is 33.0 Å². The average Bonchev–Trinajstić information content (AvgIpc) is 2.40. The summed E-state index contributed by atoms with van der Waals surface area (Å²) in [5, 5.41) is 3.52. The van der Waals surface area contributed by atoms with Crippen LogP contribution >= 0.6 is 11.6 Å². The molecule has 2 N–H and O–H groups in total. The summed E-state index contributed by atoms with van der Waals surface area (Å²) in [5.74, 6) is 0. The molecule has 0 amide bonds. The number of nitrogens with zero attached hydrogens (tertiary/aromatic N) is 1. The Bertz CT molecular complexity index is 730. The van der Waals surface area contributed by atoms with Crippen LogP contribution in [0.15, 0.2) is 36.5 Å². The lowest BCUT2D eigenvalue weighted by Gasteiger charge is -2.10. The van der Waals surface area contributed by atoms with Crippen LogP contribution in [0.3, 0.4) is 0 Å². The highest BCUT2D eigenvalue weighted by Crippen LogP contribution is 2.26. The maximum Gasteiger partial charge on any atom is 0.229 e. The van der Waals surface area contributed by atoms with Gasteiger partial charge in [0.15, 0.2) is 0 Å². The first-order valence-corrected chi connectivity index (χ1v) is 8.53. The minimum Gasteiger partial charge on any atom is -0.379 e. The molecule has 0 saturated heterocycles. The van der Waals surface area contributed by atoms with Gasteiger partial charge in [-0.15, -0.1) is 0 Å². The molecule has 0 atom stereocenters. The lowest BCUT2D eigenvalue weighted by molar-refractivity contribution is 0.607. The SMILES string of the molecule is Cc1ccc(CNc2ccc(NS(C)(=O)=O)c(Cl)c2)nc1. The van der Waals surface area contributed by atoms with Crippen molar-refractivity contribution in [1.29, 1.82) is 0 Å². The standard InChI is InChI=1S/C14H16ClN3O2S/c1-10-3-4-12(16-8-10)9-17-11-5-6-14(13(15)7-11)18-21(2,19)20/h3-8,17-18H,9H2,1-2H3. The van der Waals surface area contributed by atoms with E-state index in [4.69, 9.17) is 11.6 Å². The summed E-state index contributed by atoms with van der Waals surface area (Å²) < 4.78 is 24.7. The molecule has 1 aromatic carbocycles. The molecule has 1 heterocycles. The number of sulfonamides is 1. The first-order chi connectivity index (χ1) is 9.83. The molecule has 0 aliphatic rings. The minimum atomic E-state index is -3.34. The zero-order valence-electron chi connectivity index (χ0n) is 11.7. The molecular formula is C14H16ClN3O2S. The van der Waals surface area contributed by atoms with Gasteiger partial charge in [-0.2, -0.15) is 0 Å². The number of aryl methyl sites for hydroxylation is 1. The van der Waals surface area contributed by atoms with E-state index in [-0.39, 0.29) is 0 Å². The second-order valence-electron chi connectivity index (χ2n) is 4.75. The largest absolute Gasteiger partial charge is 0.379 e. The molecule has 0 bridgehead atoms. The molecule has 5 nitrogen and oxygen atoms in total. The number of halogens is 1. The van der Waals surface area contributed by atoms with Crippen molar-refractivity contribution in [3.05, 3.63) is 52.8 Å². The topological polar surface area (TPSA) is 71.1 Å². The molecule has 7 heteroatoms. The van der Waals surface area contributed by atoms with Gasteiger partial charge in [-0.3, -0.25) is 9.71 Å². The predicted molar refractivity (Wildman–Crippen MR) is 86.2 cm³/mol. The smallest absolute Gasteiger partial charge is 0.229 e. The Labute approximate surface area is 129 Å². The highest BCUT2D eigenvalue weighted by atomic mass is 35.5. The number of benzene rings is 1. The summed E-state index contributed by atoms with van der Waals surface area (Å²) >= 11 is 6.06. The maximum atomic E-state index is 11.2. The molecule has 1 aromatic heterocycles. The van der Waals surface area contributed by atoms with Crippen LogP contribution in [0.2, 0.25) is 5.02 Å². The van der Waals surface area contributed by atoms with Gasteiger partial charge >= 0.3 is 0 Å².